The fourth-order valence-electron chi connectivity index (χ4n) is 2.34. The summed E-state index contributed by atoms with van der Waals surface area (Å²) in [5, 5.41) is 5.51. The summed E-state index contributed by atoms with van der Waals surface area (Å²) in [6.45, 7) is 0.207. The van der Waals surface area contributed by atoms with Gasteiger partial charge in [0.25, 0.3) is 0 Å². The van der Waals surface area contributed by atoms with E-state index >= 15 is 0 Å². The van der Waals surface area contributed by atoms with E-state index in [0.717, 1.165) is 11.1 Å². The second-order valence-electron chi connectivity index (χ2n) is 5.98. The number of rotatable bonds is 7. The van der Waals surface area contributed by atoms with Gasteiger partial charge >= 0.3 is 12.1 Å². The monoisotopic (exact) mass is 521 g/mol. The van der Waals surface area contributed by atoms with Crippen LogP contribution in [0.4, 0.5) is 13.2 Å². The number of ether oxygens (including phenoxy) is 1. The molecule has 0 atom stereocenters. The molecule has 5 nitrogen and oxygen atoms in total. The topological polar surface area (TPSA) is 62.7 Å². The van der Waals surface area contributed by atoms with E-state index in [1.54, 1.807) is 24.3 Å². The van der Waals surface area contributed by atoms with Crippen LogP contribution in [0.3, 0.4) is 0 Å². The van der Waals surface area contributed by atoms with Gasteiger partial charge in [-0.2, -0.15) is 13.2 Å². The highest BCUT2D eigenvalue weighted by atomic mass is 127. The highest BCUT2D eigenvalue weighted by Crippen LogP contribution is 2.18. The van der Waals surface area contributed by atoms with E-state index in [2.05, 4.69) is 15.6 Å². The molecular formula is C20H23F3IN3O2. The minimum atomic E-state index is -4.22. The number of alkyl halides is 3. The molecular weight excluding hydrogens is 498 g/mol. The van der Waals surface area contributed by atoms with E-state index in [4.69, 9.17) is 4.74 Å². The maximum atomic E-state index is 12.2. The number of benzene rings is 2. The molecule has 2 rings (SSSR count). The molecule has 0 radical (unpaired) electrons. The van der Waals surface area contributed by atoms with Gasteiger partial charge in [0.2, 0.25) is 0 Å². The normalized spacial score (nSPS) is 11.4. The largest absolute Gasteiger partial charge is 0.457 e. The average Bonchev–Trinajstić information content (AvgIpc) is 2.69. The molecule has 0 aliphatic carbocycles. The van der Waals surface area contributed by atoms with Crippen molar-refractivity contribution in [2.24, 2.45) is 4.99 Å². The number of nitrogens with one attached hydrogen (secondary N) is 2. The lowest BCUT2D eigenvalue weighted by atomic mass is 10.1. The molecule has 0 heterocycles. The molecule has 0 saturated heterocycles. The zero-order valence-corrected chi connectivity index (χ0v) is 18.2. The van der Waals surface area contributed by atoms with Crippen molar-refractivity contribution in [2.75, 3.05) is 13.6 Å². The van der Waals surface area contributed by atoms with Crippen molar-refractivity contribution < 1.29 is 22.7 Å². The van der Waals surface area contributed by atoms with Crippen LogP contribution in [0, 0.1) is 0 Å². The van der Waals surface area contributed by atoms with Crippen molar-refractivity contribution in [3.8, 4) is 0 Å². The molecule has 0 aliphatic rings. The molecule has 0 saturated carbocycles. The SMILES string of the molecule is CN=C(NCCC(F)(F)F)NCc1cccc(C(=O)OCc2ccccc2)c1.I. The zero-order valence-electron chi connectivity index (χ0n) is 15.8. The molecule has 29 heavy (non-hydrogen) atoms. The number of halogens is 4. The maximum absolute atomic E-state index is 12.2. The van der Waals surface area contributed by atoms with Crippen LogP contribution in [0.25, 0.3) is 0 Å². The number of esters is 1. The number of hydrogen-bond acceptors (Lipinski definition) is 3. The van der Waals surface area contributed by atoms with Crippen LogP contribution >= 0.6 is 24.0 Å². The molecule has 2 aromatic carbocycles. The van der Waals surface area contributed by atoms with Gasteiger partial charge in [-0.3, -0.25) is 4.99 Å². The average molecular weight is 521 g/mol. The van der Waals surface area contributed by atoms with Gasteiger partial charge in [-0.1, -0.05) is 42.5 Å². The van der Waals surface area contributed by atoms with Crippen LogP contribution in [0.1, 0.15) is 27.9 Å². The molecule has 2 aromatic rings. The summed E-state index contributed by atoms with van der Waals surface area (Å²) in [4.78, 5) is 16.1. The zero-order chi connectivity index (χ0) is 20.4. The lowest BCUT2D eigenvalue weighted by Gasteiger charge is -2.13. The second-order valence-corrected chi connectivity index (χ2v) is 5.98. The molecule has 0 fully saturated rings. The Bertz CT molecular complexity index is 799. The molecule has 0 spiro atoms. The van der Waals surface area contributed by atoms with Crippen LogP contribution in [0.15, 0.2) is 59.6 Å². The summed E-state index contributed by atoms with van der Waals surface area (Å²) < 4.78 is 41.9. The first-order valence-electron chi connectivity index (χ1n) is 8.68. The lowest BCUT2D eigenvalue weighted by Crippen LogP contribution is -2.38. The van der Waals surface area contributed by atoms with Crippen molar-refractivity contribution in [3.63, 3.8) is 0 Å². The summed E-state index contributed by atoms with van der Waals surface area (Å²) >= 11 is 0. The molecule has 0 amide bonds. The Kier molecular flexibility index (Phi) is 10.5. The van der Waals surface area contributed by atoms with E-state index in [1.165, 1.54) is 7.05 Å². The van der Waals surface area contributed by atoms with Crippen molar-refractivity contribution in [1.82, 2.24) is 10.6 Å². The Morgan fingerprint density at radius 1 is 1.03 bits per heavy atom. The number of nitrogens with zero attached hydrogens (tertiary/aromatic N) is 1. The Morgan fingerprint density at radius 2 is 1.72 bits per heavy atom. The first kappa shape index (κ1) is 24.7. The molecule has 9 heteroatoms. The van der Waals surface area contributed by atoms with Crippen LogP contribution in [-0.2, 0) is 17.9 Å². The molecule has 0 aliphatic heterocycles. The third-order valence-corrected chi connectivity index (χ3v) is 3.76. The highest BCUT2D eigenvalue weighted by Gasteiger charge is 2.26. The van der Waals surface area contributed by atoms with Gasteiger partial charge in [0, 0.05) is 20.1 Å². The van der Waals surface area contributed by atoms with Crippen molar-refractivity contribution in [1.29, 1.82) is 0 Å². The van der Waals surface area contributed by atoms with Gasteiger partial charge in [0.15, 0.2) is 5.96 Å². The molecule has 2 N–H and O–H groups in total. The Hall–Kier alpha value is -2.30. The summed E-state index contributed by atoms with van der Waals surface area (Å²) in [7, 11) is 1.47. The van der Waals surface area contributed by atoms with Gasteiger partial charge in [-0.15, -0.1) is 24.0 Å². The van der Waals surface area contributed by atoms with Gasteiger partial charge in [0.1, 0.15) is 6.61 Å². The van der Waals surface area contributed by atoms with Gasteiger partial charge in [0.05, 0.1) is 12.0 Å². The Labute approximate surface area is 184 Å². The van der Waals surface area contributed by atoms with E-state index in [0.29, 0.717) is 12.1 Å². The number of carbonyl (C=O) groups excluding carboxylic acids is 1. The number of aliphatic imine (C=N–C) groups is 1. The molecule has 158 valence electrons. The van der Waals surface area contributed by atoms with Crippen LogP contribution < -0.4 is 10.6 Å². The highest BCUT2D eigenvalue weighted by molar-refractivity contribution is 14.0. The molecule has 0 aromatic heterocycles. The third-order valence-electron chi connectivity index (χ3n) is 3.76. The predicted molar refractivity (Wildman–Crippen MR) is 116 cm³/mol. The van der Waals surface area contributed by atoms with Crippen LogP contribution in [0.2, 0.25) is 0 Å². The molecule has 0 unspecified atom stereocenters. The van der Waals surface area contributed by atoms with Crippen LogP contribution in [-0.4, -0.2) is 31.7 Å². The number of carbonyl (C=O) groups is 1. The van der Waals surface area contributed by atoms with Crippen molar-refractivity contribution in [2.45, 2.75) is 25.7 Å². The van der Waals surface area contributed by atoms with Crippen molar-refractivity contribution >= 4 is 35.9 Å². The Morgan fingerprint density at radius 3 is 2.38 bits per heavy atom. The summed E-state index contributed by atoms with van der Waals surface area (Å²) in [6, 6.07) is 16.2. The Balaban J connectivity index is 0.00000420. The van der Waals surface area contributed by atoms with E-state index in [9.17, 15) is 18.0 Å². The lowest BCUT2D eigenvalue weighted by molar-refractivity contribution is -0.132. The minimum absolute atomic E-state index is 0. The fourth-order valence-corrected chi connectivity index (χ4v) is 2.34. The van der Waals surface area contributed by atoms with Gasteiger partial charge in [-0.25, -0.2) is 4.79 Å². The minimum Gasteiger partial charge on any atom is -0.457 e. The van der Waals surface area contributed by atoms with E-state index < -0.39 is 18.6 Å². The number of guanidine groups is 1. The number of hydrogen-bond donors (Lipinski definition) is 2. The standard InChI is InChI=1S/C20H22F3N3O2.HI/c1-24-19(25-11-10-20(21,22)23)26-13-16-8-5-9-17(12-16)18(27)28-14-15-6-3-2-4-7-15;/h2-9,12H,10-11,13-14H2,1H3,(H2,24,25,26);1H. The van der Waals surface area contributed by atoms with E-state index in [-0.39, 0.29) is 43.1 Å². The quantitative estimate of drug-likeness (QED) is 0.247. The predicted octanol–water partition coefficient (Wildman–Crippen LogP) is 4.28. The summed E-state index contributed by atoms with van der Waals surface area (Å²) in [6.07, 6.45) is -5.17. The summed E-state index contributed by atoms with van der Waals surface area (Å²) in [5.74, 6) is -0.195. The second kappa shape index (κ2) is 12.3. The first-order valence-corrected chi connectivity index (χ1v) is 8.68. The van der Waals surface area contributed by atoms with Gasteiger partial charge in [-0.05, 0) is 23.3 Å². The maximum Gasteiger partial charge on any atom is 0.390 e. The van der Waals surface area contributed by atoms with Crippen molar-refractivity contribution in [3.05, 3.63) is 71.3 Å². The fraction of sp³-hybridized carbons (Fsp3) is 0.300. The van der Waals surface area contributed by atoms with E-state index in [1.807, 2.05) is 30.3 Å². The first-order chi connectivity index (χ1) is 13.4. The third kappa shape index (κ3) is 9.64. The van der Waals surface area contributed by atoms with Crippen LogP contribution in [0.5, 0.6) is 0 Å². The smallest absolute Gasteiger partial charge is 0.390 e. The molecule has 0 bridgehead atoms. The summed E-state index contributed by atoms with van der Waals surface area (Å²) in [5.41, 5.74) is 2.06. The van der Waals surface area contributed by atoms with Gasteiger partial charge < -0.3 is 15.4 Å².